The molecule has 16 heavy (non-hydrogen) atoms. The molecule has 0 bridgehead atoms. The lowest BCUT2D eigenvalue weighted by molar-refractivity contribution is -0.144. The van der Waals surface area contributed by atoms with Gasteiger partial charge in [-0.2, -0.15) is 0 Å². The highest BCUT2D eigenvalue weighted by Gasteiger charge is 2.30. The van der Waals surface area contributed by atoms with Crippen LogP contribution in [0.25, 0.3) is 0 Å². The minimum atomic E-state index is -0.437. The molecule has 1 saturated heterocycles. The third-order valence-corrected chi connectivity index (χ3v) is 2.52. The van der Waals surface area contributed by atoms with Gasteiger partial charge in [-0.15, -0.1) is 0 Å². The van der Waals surface area contributed by atoms with Crippen molar-refractivity contribution in [3.05, 3.63) is 0 Å². The number of hydrogen-bond donors (Lipinski definition) is 0. The van der Waals surface area contributed by atoms with E-state index in [1.54, 1.807) is 0 Å². The molecule has 0 N–H and O–H groups in total. The van der Waals surface area contributed by atoms with Gasteiger partial charge in [0, 0.05) is 41.2 Å². The summed E-state index contributed by atoms with van der Waals surface area (Å²) in [6.07, 6.45) is 0.790. The molecular weight excluding hydrogens is 206 g/mol. The summed E-state index contributed by atoms with van der Waals surface area (Å²) in [5, 5.41) is 0. The number of aliphatic imine (C=N–C) groups is 1. The number of guanidine groups is 1. The van der Waals surface area contributed by atoms with E-state index in [0.29, 0.717) is 19.8 Å². The van der Waals surface area contributed by atoms with Crippen LogP contribution in [0.3, 0.4) is 0 Å². The number of hydrogen-bond acceptors (Lipinski definition) is 3. The second-order valence-electron chi connectivity index (χ2n) is 4.55. The average Bonchev–Trinajstić information content (AvgIpc) is 2.59. The molecule has 1 rings (SSSR count). The predicted molar refractivity (Wildman–Crippen MR) is 64.6 cm³/mol. The Morgan fingerprint density at radius 1 is 1.12 bits per heavy atom. The van der Waals surface area contributed by atoms with Crippen molar-refractivity contribution in [2.24, 2.45) is 4.99 Å². The van der Waals surface area contributed by atoms with E-state index in [1.165, 1.54) is 0 Å². The molecule has 0 amide bonds. The SMILES string of the molecule is CN(C)C(=NCCC1(C)OCCO1)N(C)C. The van der Waals surface area contributed by atoms with Gasteiger partial charge in [0.2, 0.25) is 0 Å². The Bertz CT molecular complexity index is 236. The summed E-state index contributed by atoms with van der Waals surface area (Å²) in [5.41, 5.74) is 0. The molecule has 5 nitrogen and oxygen atoms in total. The first-order valence-electron chi connectivity index (χ1n) is 5.62. The van der Waals surface area contributed by atoms with E-state index < -0.39 is 5.79 Å². The van der Waals surface area contributed by atoms with Crippen molar-refractivity contribution >= 4 is 5.96 Å². The lowest BCUT2D eigenvalue weighted by Crippen LogP contribution is -2.36. The zero-order valence-corrected chi connectivity index (χ0v) is 11.0. The molecule has 0 aromatic rings. The summed E-state index contributed by atoms with van der Waals surface area (Å²) in [7, 11) is 7.96. The quantitative estimate of drug-likeness (QED) is 0.525. The molecule has 0 aliphatic carbocycles. The number of ether oxygens (including phenoxy) is 2. The van der Waals surface area contributed by atoms with Crippen LogP contribution in [0.2, 0.25) is 0 Å². The van der Waals surface area contributed by atoms with Gasteiger partial charge in [0.25, 0.3) is 0 Å². The van der Waals surface area contributed by atoms with E-state index in [9.17, 15) is 0 Å². The maximum atomic E-state index is 5.52. The average molecular weight is 229 g/mol. The van der Waals surface area contributed by atoms with Gasteiger partial charge < -0.3 is 19.3 Å². The first kappa shape index (κ1) is 13.3. The van der Waals surface area contributed by atoms with Gasteiger partial charge in [-0.05, 0) is 6.92 Å². The standard InChI is InChI=1S/C11H23N3O2/c1-11(15-8-9-16-11)6-7-12-10(13(2)3)14(4)5/h6-9H2,1-5H3. The smallest absolute Gasteiger partial charge is 0.195 e. The molecule has 1 aliphatic rings. The Kier molecular flexibility index (Phi) is 4.56. The van der Waals surface area contributed by atoms with Crippen LogP contribution in [0.4, 0.5) is 0 Å². The van der Waals surface area contributed by atoms with Crippen molar-refractivity contribution in [3.8, 4) is 0 Å². The van der Waals surface area contributed by atoms with Gasteiger partial charge in [0.1, 0.15) is 0 Å². The molecule has 94 valence electrons. The van der Waals surface area contributed by atoms with Crippen LogP contribution in [0, 0.1) is 0 Å². The predicted octanol–water partition coefficient (Wildman–Crippen LogP) is 0.619. The number of nitrogens with zero attached hydrogens (tertiary/aromatic N) is 3. The molecule has 0 aromatic heterocycles. The highest BCUT2D eigenvalue weighted by molar-refractivity contribution is 5.79. The van der Waals surface area contributed by atoms with Crippen molar-refractivity contribution in [2.75, 3.05) is 47.9 Å². The van der Waals surface area contributed by atoms with Gasteiger partial charge in [-0.1, -0.05) is 0 Å². The summed E-state index contributed by atoms with van der Waals surface area (Å²) < 4.78 is 11.0. The first-order chi connectivity index (χ1) is 7.44. The van der Waals surface area contributed by atoms with E-state index in [4.69, 9.17) is 9.47 Å². The van der Waals surface area contributed by atoms with Gasteiger partial charge in [-0.25, -0.2) is 0 Å². The first-order valence-corrected chi connectivity index (χ1v) is 5.62. The topological polar surface area (TPSA) is 37.3 Å². The molecule has 5 heteroatoms. The molecule has 0 saturated carbocycles. The van der Waals surface area contributed by atoms with E-state index in [0.717, 1.165) is 12.4 Å². The summed E-state index contributed by atoms with van der Waals surface area (Å²) in [4.78, 5) is 8.54. The van der Waals surface area contributed by atoms with Crippen molar-refractivity contribution in [2.45, 2.75) is 19.1 Å². The van der Waals surface area contributed by atoms with E-state index in [-0.39, 0.29) is 0 Å². The molecule has 0 atom stereocenters. The maximum Gasteiger partial charge on any atom is 0.195 e. The van der Waals surface area contributed by atoms with Crippen LogP contribution < -0.4 is 0 Å². The van der Waals surface area contributed by atoms with Crippen LogP contribution in [0.5, 0.6) is 0 Å². The van der Waals surface area contributed by atoms with Crippen molar-refractivity contribution in [1.29, 1.82) is 0 Å². The van der Waals surface area contributed by atoms with Gasteiger partial charge >= 0.3 is 0 Å². The van der Waals surface area contributed by atoms with Gasteiger partial charge in [0.05, 0.1) is 13.2 Å². The van der Waals surface area contributed by atoms with Crippen molar-refractivity contribution in [1.82, 2.24) is 9.80 Å². The molecule has 0 radical (unpaired) electrons. The maximum absolute atomic E-state index is 5.52. The highest BCUT2D eigenvalue weighted by atomic mass is 16.7. The Morgan fingerprint density at radius 3 is 2.06 bits per heavy atom. The molecule has 1 aliphatic heterocycles. The molecule has 0 unspecified atom stereocenters. The fourth-order valence-electron chi connectivity index (χ4n) is 1.74. The monoisotopic (exact) mass is 229 g/mol. The summed E-state index contributed by atoms with van der Waals surface area (Å²) in [5.74, 6) is 0.523. The minimum Gasteiger partial charge on any atom is -0.349 e. The highest BCUT2D eigenvalue weighted by Crippen LogP contribution is 2.22. The lowest BCUT2D eigenvalue weighted by Gasteiger charge is -2.24. The summed E-state index contributed by atoms with van der Waals surface area (Å²) in [6.45, 7) is 4.06. The summed E-state index contributed by atoms with van der Waals surface area (Å²) in [6, 6.07) is 0. The van der Waals surface area contributed by atoms with Crippen molar-refractivity contribution < 1.29 is 9.47 Å². The van der Waals surface area contributed by atoms with Crippen LogP contribution >= 0.6 is 0 Å². The van der Waals surface area contributed by atoms with Crippen molar-refractivity contribution in [3.63, 3.8) is 0 Å². The molecule has 0 aromatic carbocycles. The van der Waals surface area contributed by atoms with Gasteiger partial charge in [-0.3, -0.25) is 4.99 Å². The lowest BCUT2D eigenvalue weighted by atomic mass is 10.2. The van der Waals surface area contributed by atoms with Crippen LogP contribution in [0.1, 0.15) is 13.3 Å². The van der Waals surface area contributed by atoms with Crippen LogP contribution in [-0.2, 0) is 9.47 Å². The Hall–Kier alpha value is -0.810. The van der Waals surface area contributed by atoms with Gasteiger partial charge in [0.15, 0.2) is 11.7 Å². The van der Waals surface area contributed by atoms with Crippen LogP contribution in [-0.4, -0.2) is 69.5 Å². The molecular formula is C11H23N3O2. The zero-order valence-electron chi connectivity index (χ0n) is 11.0. The Morgan fingerprint density at radius 2 is 1.62 bits per heavy atom. The van der Waals surface area contributed by atoms with Crippen LogP contribution in [0.15, 0.2) is 4.99 Å². The largest absolute Gasteiger partial charge is 0.349 e. The second-order valence-corrected chi connectivity index (χ2v) is 4.55. The number of rotatable bonds is 3. The fraction of sp³-hybridized carbons (Fsp3) is 0.909. The van der Waals surface area contributed by atoms with E-state index in [1.807, 2.05) is 44.9 Å². The normalized spacial score (nSPS) is 18.3. The third kappa shape index (κ3) is 3.64. The molecule has 0 spiro atoms. The zero-order chi connectivity index (χ0) is 12.2. The minimum absolute atomic E-state index is 0.437. The molecule has 1 heterocycles. The van der Waals surface area contributed by atoms with E-state index in [2.05, 4.69) is 4.99 Å². The Balaban J connectivity index is 2.45. The second kappa shape index (κ2) is 5.50. The van der Waals surface area contributed by atoms with E-state index >= 15 is 0 Å². The Labute approximate surface area is 98.0 Å². The fourth-order valence-corrected chi connectivity index (χ4v) is 1.74. The third-order valence-electron chi connectivity index (χ3n) is 2.52. The summed E-state index contributed by atoms with van der Waals surface area (Å²) >= 11 is 0. The molecule has 1 fully saturated rings.